The van der Waals surface area contributed by atoms with Crippen LogP contribution >= 0.6 is 11.6 Å². The molecule has 2 aromatic rings. The molecule has 0 amide bonds. The molecule has 0 fully saturated rings. The van der Waals surface area contributed by atoms with Crippen molar-refractivity contribution < 1.29 is 9.72 Å². The maximum atomic E-state index is 12.0. The van der Waals surface area contributed by atoms with Gasteiger partial charge in [-0.1, -0.05) is 29.8 Å². The normalized spacial score (nSPS) is 10.2. The van der Waals surface area contributed by atoms with Crippen LogP contribution in [0.2, 0.25) is 5.02 Å². The first-order valence-corrected chi connectivity index (χ1v) is 5.97. The van der Waals surface area contributed by atoms with Gasteiger partial charge in [-0.15, -0.1) is 0 Å². The largest absolute Gasteiger partial charge is 0.294 e. The molecule has 0 N–H and O–H groups in total. The zero-order valence-electron chi connectivity index (χ0n) is 9.88. The molecule has 2 aromatic carbocycles. The third-order valence-corrected chi connectivity index (χ3v) is 3.08. The Morgan fingerprint density at radius 1 is 1.11 bits per heavy atom. The Bertz CT molecular complexity index is 623. The molecule has 96 valence electrons. The highest BCUT2D eigenvalue weighted by Crippen LogP contribution is 2.18. The van der Waals surface area contributed by atoms with Crippen LogP contribution in [0.5, 0.6) is 0 Å². The molecule has 2 rings (SSSR count). The molecule has 0 spiro atoms. The lowest BCUT2D eigenvalue weighted by molar-refractivity contribution is -0.384. The lowest BCUT2D eigenvalue weighted by Crippen LogP contribution is -2.04. The Morgan fingerprint density at radius 2 is 1.74 bits per heavy atom. The van der Waals surface area contributed by atoms with Crippen molar-refractivity contribution >= 4 is 23.1 Å². The van der Waals surface area contributed by atoms with E-state index in [0.717, 1.165) is 5.56 Å². The van der Waals surface area contributed by atoms with Gasteiger partial charge in [-0.25, -0.2) is 0 Å². The monoisotopic (exact) mass is 275 g/mol. The summed E-state index contributed by atoms with van der Waals surface area (Å²) in [6, 6.07) is 12.7. The number of nitro groups is 1. The third-order valence-electron chi connectivity index (χ3n) is 2.71. The van der Waals surface area contributed by atoms with Crippen molar-refractivity contribution in [3.63, 3.8) is 0 Å². The fraction of sp³-hybridized carbons (Fsp3) is 0.0714. The maximum Gasteiger partial charge on any atom is 0.269 e. The standard InChI is InChI=1S/C14H10ClNO3/c15-13-4-2-1-3-11(13)9-14(17)10-5-7-12(8-6-10)16(18)19/h1-8H,9H2. The first-order valence-electron chi connectivity index (χ1n) is 5.59. The van der Waals surface area contributed by atoms with Crippen LogP contribution in [0, 0.1) is 10.1 Å². The fourth-order valence-corrected chi connectivity index (χ4v) is 1.89. The van der Waals surface area contributed by atoms with Crippen LogP contribution in [-0.2, 0) is 6.42 Å². The highest BCUT2D eigenvalue weighted by atomic mass is 35.5. The van der Waals surface area contributed by atoms with Crippen LogP contribution in [0.4, 0.5) is 5.69 Å². The van der Waals surface area contributed by atoms with Gasteiger partial charge >= 0.3 is 0 Å². The van der Waals surface area contributed by atoms with Crippen molar-refractivity contribution in [1.29, 1.82) is 0 Å². The van der Waals surface area contributed by atoms with Gasteiger partial charge in [0.25, 0.3) is 5.69 Å². The van der Waals surface area contributed by atoms with E-state index in [1.54, 1.807) is 18.2 Å². The van der Waals surface area contributed by atoms with Gasteiger partial charge in [-0.2, -0.15) is 0 Å². The predicted molar refractivity (Wildman–Crippen MR) is 72.6 cm³/mol. The van der Waals surface area contributed by atoms with E-state index in [-0.39, 0.29) is 17.9 Å². The van der Waals surface area contributed by atoms with E-state index in [0.29, 0.717) is 10.6 Å². The van der Waals surface area contributed by atoms with Gasteiger partial charge in [0.1, 0.15) is 0 Å². The van der Waals surface area contributed by atoms with Crippen molar-refractivity contribution in [3.05, 3.63) is 74.8 Å². The number of hydrogen-bond acceptors (Lipinski definition) is 3. The highest BCUT2D eigenvalue weighted by Gasteiger charge is 2.11. The van der Waals surface area contributed by atoms with Gasteiger partial charge in [0.2, 0.25) is 0 Å². The second kappa shape index (κ2) is 5.63. The molecule has 0 saturated carbocycles. The molecule has 0 heterocycles. The van der Waals surface area contributed by atoms with E-state index in [9.17, 15) is 14.9 Å². The van der Waals surface area contributed by atoms with E-state index in [1.807, 2.05) is 6.07 Å². The average molecular weight is 276 g/mol. The number of Topliss-reactive ketones (excluding diaryl/α,β-unsaturated/α-hetero) is 1. The van der Waals surface area contributed by atoms with Crippen molar-refractivity contribution in [2.75, 3.05) is 0 Å². The molecule has 19 heavy (non-hydrogen) atoms. The van der Waals surface area contributed by atoms with Crippen molar-refractivity contribution in [3.8, 4) is 0 Å². The molecular formula is C14H10ClNO3. The summed E-state index contributed by atoms with van der Waals surface area (Å²) in [6.45, 7) is 0. The zero-order valence-corrected chi connectivity index (χ0v) is 10.6. The number of benzene rings is 2. The molecule has 0 unspecified atom stereocenters. The van der Waals surface area contributed by atoms with Gasteiger partial charge in [-0.3, -0.25) is 14.9 Å². The lowest BCUT2D eigenvalue weighted by Gasteiger charge is -2.03. The maximum absolute atomic E-state index is 12.0. The number of nitrogens with zero attached hydrogens (tertiary/aromatic N) is 1. The van der Waals surface area contributed by atoms with E-state index < -0.39 is 4.92 Å². The molecule has 5 heteroatoms. The number of hydrogen-bond donors (Lipinski definition) is 0. The first kappa shape index (κ1) is 13.2. The third kappa shape index (κ3) is 3.17. The molecule has 0 radical (unpaired) electrons. The van der Waals surface area contributed by atoms with Crippen molar-refractivity contribution in [1.82, 2.24) is 0 Å². The molecule has 0 aromatic heterocycles. The van der Waals surface area contributed by atoms with Gasteiger partial charge in [0, 0.05) is 29.1 Å². The van der Waals surface area contributed by atoms with Crippen LogP contribution in [0.1, 0.15) is 15.9 Å². The summed E-state index contributed by atoms with van der Waals surface area (Å²) in [4.78, 5) is 22.0. The summed E-state index contributed by atoms with van der Waals surface area (Å²) in [5, 5.41) is 11.1. The predicted octanol–water partition coefficient (Wildman–Crippen LogP) is 3.67. The summed E-state index contributed by atoms with van der Waals surface area (Å²) in [5.41, 5.74) is 1.15. The number of ketones is 1. The molecular weight excluding hydrogens is 266 g/mol. The summed E-state index contributed by atoms with van der Waals surface area (Å²) in [7, 11) is 0. The van der Waals surface area contributed by atoms with Gasteiger partial charge < -0.3 is 0 Å². The summed E-state index contributed by atoms with van der Waals surface area (Å²) >= 11 is 5.98. The topological polar surface area (TPSA) is 60.2 Å². The van der Waals surface area contributed by atoms with Crippen molar-refractivity contribution in [2.45, 2.75) is 6.42 Å². The summed E-state index contributed by atoms with van der Waals surface area (Å²) in [5.74, 6) is -0.122. The molecule has 4 nitrogen and oxygen atoms in total. The van der Waals surface area contributed by atoms with E-state index >= 15 is 0 Å². The second-order valence-electron chi connectivity index (χ2n) is 4.00. The smallest absolute Gasteiger partial charge is 0.269 e. The Kier molecular flexibility index (Phi) is 3.92. The molecule has 0 atom stereocenters. The molecule has 0 aliphatic rings. The molecule has 0 aliphatic heterocycles. The molecule has 0 saturated heterocycles. The van der Waals surface area contributed by atoms with Crippen molar-refractivity contribution in [2.24, 2.45) is 0 Å². The number of rotatable bonds is 4. The highest BCUT2D eigenvalue weighted by molar-refractivity contribution is 6.31. The molecule has 0 aliphatic carbocycles. The number of carbonyl (C=O) groups is 1. The number of non-ortho nitro benzene ring substituents is 1. The molecule has 0 bridgehead atoms. The number of halogens is 1. The van der Waals surface area contributed by atoms with E-state index in [1.165, 1.54) is 24.3 Å². The van der Waals surface area contributed by atoms with E-state index in [2.05, 4.69) is 0 Å². The fourth-order valence-electron chi connectivity index (χ4n) is 1.69. The van der Waals surface area contributed by atoms with Crippen LogP contribution in [0.15, 0.2) is 48.5 Å². The Hall–Kier alpha value is -2.20. The van der Waals surface area contributed by atoms with Crippen LogP contribution in [-0.4, -0.2) is 10.7 Å². The second-order valence-corrected chi connectivity index (χ2v) is 4.40. The Labute approximate surface area is 114 Å². The SMILES string of the molecule is O=C(Cc1ccccc1Cl)c1ccc([N+](=O)[O-])cc1. The van der Waals surface area contributed by atoms with Gasteiger partial charge in [0.15, 0.2) is 5.78 Å². The van der Waals surface area contributed by atoms with Gasteiger partial charge in [0.05, 0.1) is 4.92 Å². The van der Waals surface area contributed by atoms with Crippen LogP contribution in [0.25, 0.3) is 0 Å². The summed E-state index contributed by atoms with van der Waals surface area (Å²) in [6.07, 6.45) is 0.178. The van der Waals surface area contributed by atoms with Crippen LogP contribution < -0.4 is 0 Å². The minimum atomic E-state index is -0.498. The number of nitro benzene ring substituents is 1. The Morgan fingerprint density at radius 3 is 2.32 bits per heavy atom. The average Bonchev–Trinajstić information content (AvgIpc) is 2.41. The van der Waals surface area contributed by atoms with Crippen LogP contribution in [0.3, 0.4) is 0 Å². The number of carbonyl (C=O) groups excluding carboxylic acids is 1. The first-order chi connectivity index (χ1) is 9.08. The lowest BCUT2D eigenvalue weighted by atomic mass is 10.0. The Balaban J connectivity index is 2.16. The zero-order chi connectivity index (χ0) is 13.8. The quantitative estimate of drug-likeness (QED) is 0.486. The minimum absolute atomic E-state index is 0.0331. The summed E-state index contributed by atoms with van der Waals surface area (Å²) < 4.78 is 0. The minimum Gasteiger partial charge on any atom is -0.294 e. The van der Waals surface area contributed by atoms with Gasteiger partial charge in [-0.05, 0) is 23.8 Å². The van der Waals surface area contributed by atoms with E-state index in [4.69, 9.17) is 11.6 Å².